The second kappa shape index (κ2) is 11.6. The number of aryl methyl sites for hydroxylation is 2. The zero-order chi connectivity index (χ0) is 26.5. The van der Waals surface area contributed by atoms with Gasteiger partial charge in [0.2, 0.25) is 0 Å². The second-order valence-corrected chi connectivity index (χ2v) is 9.82. The smallest absolute Gasteiger partial charge is 0.292 e. The van der Waals surface area contributed by atoms with Gasteiger partial charge in [-0.25, -0.2) is 9.89 Å². The topological polar surface area (TPSA) is 81.4 Å². The standard InChI is InChI=1S/C30H31ClN6O/c1-3-5-6-11-24-20-37(28-22(4-2)10-9-14-27(28)31)30(38)36(24)19-21-15-17-23(18-16-21)25-12-7-8-13-26(25)29-32-34-35-33-29/h7-10,12-18,20H,3-6,11,19H2,1-2H3,(H,32,33,34,35). The number of hydrogen-bond donors (Lipinski definition) is 1. The average molecular weight is 527 g/mol. The Labute approximate surface area is 227 Å². The summed E-state index contributed by atoms with van der Waals surface area (Å²) in [7, 11) is 0. The number of rotatable bonds is 10. The molecule has 0 spiro atoms. The van der Waals surface area contributed by atoms with Gasteiger partial charge in [-0.15, -0.1) is 5.10 Å². The van der Waals surface area contributed by atoms with Crippen LogP contribution in [0.3, 0.4) is 0 Å². The van der Waals surface area contributed by atoms with Crippen LogP contribution in [0.15, 0.2) is 77.7 Å². The molecule has 5 rings (SSSR count). The van der Waals surface area contributed by atoms with Crippen molar-refractivity contribution >= 4 is 11.6 Å². The SMILES string of the molecule is CCCCCc1cn(-c2c(Cl)cccc2CC)c(=O)n1Cc1ccc(-c2ccccc2-c2nnn[nH]2)cc1. The first-order chi connectivity index (χ1) is 18.6. The van der Waals surface area contributed by atoms with E-state index in [4.69, 9.17) is 11.6 Å². The van der Waals surface area contributed by atoms with Crippen LogP contribution in [0.2, 0.25) is 5.02 Å². The number of H-pyrrole nitrogens is 1. The van der Waals surface area contributed by atoms with E-state index in [1.54, 1.807) is 4.57 Å². The molecule has 0 aliphatic heterocycles. The number of imidazole rings is 1. The van der Waals surface area contributed by atoms with Crippen molar-refractivity contribution in [3.05, 3.63) is 105 Å². The molecule has 0 fully saturated rings. The van der Waals surface area contributed by atoms with Gasteiger partial charge in [-0.1, -0.05) is 99.0 Å². The molecule has 0 amide bonds. The van der Waals surface area contributed by atoms with Gasteiger partial charge in [-0.05, 0) is 58.0 Å². The predicted molar refractivity (Wildman–Crippen MR) is 152 cm³/mol. The molecule has 194 valence electrons. The molecule has 3 aromatic carbocycles. The van der Waals surface area contributed by atoms with Crippen LogP contribution in [0.1, 0.15) is 49.9 Å². The summed E-state index contributed by atoms with van der Waals surface area (Å²) in [5.74, 6) is 0.625. The van der Waals surface area contributed by atoms with E-state index >= 15 is 0 Å². The second-order valence-electron chi connectivity index (χ2n) is 9.41. The highest BCUT2D eigenvalue weighted by molar-refractivity contribution is 6.32. The first-order valence-corrected chi connectivity index (χ1v) is 13.5. The molecule has 0 unspecified atom stereocenters. The fourth-order valence-electron chi connectivity index (χ4n) is 4.91. The Morgan fingerprint density at radius 2 is 1.71 bits per heavy atom. The Kier molecular flexibility index (Phi) is 7.84. The maximum atomic E-state index is 13.8. The Hall–Kier alpha value is -3.97. The van der Waals surface area contributed by atoms with Crippen LogP contribution >= 0.6 is 11.6 Å². The fraction of sp³-hybridized carbons (Fsp3) is 0.267. The number of halogens is 1. The number of nitrogens with one attached hydrogen (secondary N) is 1. The fourth-order valence-corrected chi connectivity index (χ4v) is 5.20. The number of para-hydroxylation sites is 1. The van der Waals surface area contributed by atoms with Gasteiger partial charge in [-0.2, -0.15) is 0 Å². The van der Waals surface area contributed by atoms with E-state index in [0.717, 1.165) is 71.3 Å². The minimum atomic E-state index is -0.0634. The molecule has 0 aliphatic carbocycles. The predicted octanol–water partition coefficient (Wildman–Crippen LogP) is 6.48. The number of aromatic nitrogens is 6. The first kappa shape index (κ1) is 25.7. The van der Waals surface area contributed by atoms with E-state index in [1.807, 2.05) is 47.2 Å². The summed E-state index contributed by atoms with van der Waals surface area (Å²) in [6, 6.07) is 22.2. The van der Waals surface area contributed by atoms with Crippen LogP contribution in [-0.4, -0.2) is 29.8 Å². The number of hydrogen-bond acceptors (Lipinski definition) is 4. The molecule has 0 saturated carbocycles. The molecule has 5 aromatic rings. The van der Waals surface area contributed by atoms with Gasteiger partial charge < -0.3 is 0 Å². The number of benzene rings is 3. The molecule has 38 heavy (non-hydrogen) atoms. The van der Waals surface area contributed by atoms with Crippen LogP contribution < -0.4 is 5.69 Å². The van der Waals surface area contributed by atoms with Crippen LogP contribution in [0.25, 0.3) is 28.2 Å². The molecular formula is C30H31ClN6O. The van der Waals surface area contributed by atoms with Crippen molar-refractivity contribution in [2.24, 2.45) is 0 Å². The molecule has 7 nitrogen and oxygen atoms in total. The molecule has 0 aliphatic rings. The van der Waals surface area contributed by atoms with Gasteiger partial charge in [0, 0.05) is 17.5 Å². The third-order valence-electron chi connectivity index (χ3n) is 6.92. The zero-order valence-electron chi connectivity index (χ0n) is 21.7. The molecule has 2 aromatic heterocycles. The zero-order valence-corrected chi connectivity index (χ0v) is 22.4. The Morgan fingerprint density at radius 3 is 2.42 bits per heavy atom. The number of aromatic amines is 1. The van der Waals surface area contributed by atoms with Crippen molar-refractivity contribution in [3.63, 3.8) is 0 Å². The highest BCUT2D eigenvalue weighted by Crippen LogP contribution is 2.30. The van der Waals surface area contributed by atoms with E-state index in [1.165, 1.54) is 0 Å². The van der Waals surface area contributed by atoms with E-state index < -0.39 is 0 Å². The average Bonchev–Trinajstić information content (AvgIpc) is 3.58. The largest absolute Gasteiger partial charge is 0.333 e. The van der Waals surface area contributed by atoms with E-state index in [-0.39, 0.29) is 5.69 Å². The molecule has 0 bridgehead atoms. The highest BCUT2D eigenvalue weighted by atomic mass is 35.5. The molecule has 0 radical (unpaired) electrons. The van der Waals surface area contributed by atoms with Crippen LogP contribution in [0.4, 0.5) is 0 Å². The third-order valence-corrected chi connectivity index (χ3v) is 7.23. The van der Waals surface area contributed by atoms with E-state index in [9.17, 15) is 4.79 Å². The minimum Gasteiger partial charge on any atom is -0.292 e. The van der Waals surface area contributed by atoms with Crippen molar-refractivity contribution in [1.82, 2.24) is 29.8 Å². The van der Waals surface area contributed by atoms with Crippen LogP contribution in [0.5, 0.6) is 0 Å². The van der Waals surface area contributed by atoms with Crippen LogP contribution in [-0.2, 0) is 19.4 Å². The molecule has 8 heteroatoms. The van der Waals surface area contributed by atoms with Crippen molar-refractivity contribution in [3.8, 4) is 28.2 Å². The van der Waals surface area contributed by atoms with Gasteiger partial charge in [0.05, 0.1) is 17.3 Å². The summed E-state index contributed by atoms with van der Waals surface area (Å²) in [5, 5.41) is 14.9. The summed E-state index contributed by atoms with van der Waals surface area (Å²) in [6.45, 7) is 4.76. The minimum absolute atomic E-state index is 0.0634. The van der Waals surface area contributed by atoms with E-state index in [2.05, 4.69) is 64.8 Å². The summed E-state index contributed by atoms with van der Waals surface area (Å²) >= 11 is 6.61. The number of tetrazole rings is 1. The lowest BCUT2D eigenvalue weighted by atomic mass is 9.98. The quantitative estimate of drug-likeness (QED) is 0.211. The van der Waals surface area contributed by atoms with Gasteiger partial charge in [0.1, 0.15) is 0 Å². The number of unbranched alkanes of at least 4 members (excludes halogenated alkanes) is 2. The van der Waals surface area contributed by atoms with Gasteiger partial charge >= 0.3 is 5.69 Å². The first-order valence-electron chi connectivity index (χ1n) is 13.1. The summed E-state index contributed by atoms with van der Waals surface area (Å²) < 4.78 is 3.63. The molecular weight excluding hydrogens is 496 g/mol. The lowest BCUT2D eigenvalue weighted by Gasteiger charge is -2.11. The molecule has 2 heterocycles. The van der Waals surface area contributed by atoms with Crippen LogP contribution in [0, 0.1) is 0 Å². The number of nitrogens with zero attached hydrogens (tertiary/aromatic N) is 5. The summed E-state index contributed by atoms with van der Waals surface area (Å²) in [5.41, 5.74) is 6.88. The van der Waals surface area contributed by atoms with Crippen molar-refractivity contribution < 1.29 is 0 Å². The van der Waals surface area contributed by atoms with E-state index in [0.29, 0.717) is 17.4 Å². The van der Waals surface area contributed by atoms with Gasteiger partial charge in [0.15, 0.2) is 5.82 Å². The van der Waals surface area contributed by atoms with Gasteiger partial charge in [-0.3, -0.25) is 9.13 Å². The normalized spacial score (nSPS) is 11.2. The lowest BCUT2D eigenvalue weighted by molar-refractivity contribution is 0.653. The Morgan fingerprint density at radius 1 is 0.921 bits per heavy atom. The Bertz CT molecular complexity index is 1570. The third kappa shape index (κ3) is 5.20. The lowest BCUT2D eigenvalue weighted by Crippen LogP contribution is -2.25. The molecule has 1 N–H and O–H groups in total. The van der Waals surface area contributed by atoms with Crippen molar-refractivity contribution in [1.29, 1.82) is 0 Å². The molecule has 0 atom stereocenters. The van der Waals surface area contributed by atoms with Crippen molar-refractivity contribution in [2.75, 3.05) is 0 Å². The monoisotopic (exact) mass is 526 g/mol. The summed E-state index contributed by atoms with van der Waals surface area (Å²) in [4.78, 5) is 13.8. The Balaban J connectivity index is 1.49. The maximum absolute atomic E-state index is 13.8. The highest BCUT2D eigenvalue weighted by Gasteiger charge is 2.17. The molecule has 0 saturated heterocycles. The van der Waals surface area contributed by atoms with Gasteiger partial charge in [0.25, 0.3) is 0 Å². The maximum Gasteiger partial charge on any atom is 0.333 e. The van der Waals surface area contributed by atoms with Crippen molar-refractivity contribution in [2.45, 2.75) is 52.5 Å². The summed E-state index contributed by atoms with van der Waals surface area (Å²) in [6.07, 6.45) is 6.91.